The number of benzene rings is 8. The summed E-state index contributed by atoms with van der Waals surface area (Å²) in [7, 11) is -2.52. The lowest BCUT2D eigenvalue weighted by molar-refractivity contribution is 0.335. The van der Waals surface area contributed by atoms with Gasteiger partial charge >= 0.3 is 0 Å². The van der Waals surface area contributed by atoms with E-state index in [0.29, 0.717) is 12.5 Å². The maximum absolute atomic E-state index is 12.7. The van der Waals surface area contributed by atoms with Crippen LogP contribution in [-0.2, 0) is 10.8 Å². The van der Waals surface area contributed by atoms with E-state index in [1.165, 1.54) is 0 Å². The molecule has 73 heavy (non-hydrogen) atoms. The number of phenolic OH excluding ortho intramolecular Hbond substituents is 2. The number of para-hydroxylation sites is 4. The first-order valence-corrected chi connectivity index (χ1v) is 28.5. The van der Waals surface area contributed by atoms with Gasteiger partial charge in [0.2, 0.25) is 0 Å². The zero-order valence-electron chi connectivity index (χ0n) is 44.7. The second-order valence-electron chi connectivity index (χ2n) is 23.1. The third-order valence-corrected chi connectivity index (χ3v) is 21.6. The maximum atomic E-state index is 12.7. The molecule has 0 bridgehead atoms. The van der Waals surface area contributed by atoms with E-state index < -0.39 is 8.07 Å². The summed E-state index contributed by atoms with van der Waals surface area (Å²) in [4.78, 5) is 0. The molecule has 372 valence electrons. The van der Waals surface area contributed by atoms with Crippen LogP contribution in [0.15, 0.2) is 158 Å². The molecule has 0 spiro atoms. The van der Waals surface area contributed by atoms with Crippen molar-refractivity contribution in [3.05, 3.63) is 180 Å². The second-order valence-corrected chi connectivity index (χ2v) is 28.5. The fourth-order valence-corrected chi connectivity index (χ4v) is 14.7. The first-order chi connectivity index (χ1) is 34.8. The standard InChI is InChI=1S/C66H70N2O4Si/c1-41(2)73(42(3)4,39-71-61-31-29-45(65(7,8)9)37-51(61)53-33-43(5)35-59(63(53)69)67-55-25-17-13-21-47(55)48-22-14-18-26-56(48)67)40-72-62-32-30-46(66(10,11)12)38-52(62)54-34-44(6)36-60(64(54)70)68-57-27-19-15-23-49(57)50-24-16-20-28-58(50)68/h13-38,41-42,69-70H,39-40H2,1-12H3. The van der Waals surface area contributed by atoms with Crippen LogP contribution in [0, 0.1) is 13.8 Å². The third-order valence-electron chi connectivity index (χ3n) is 15.7. The first-order valence-electron chi connectivity index (χ1n) is 26.0. The summed E-state index contributed by atoms with van der Waals surface area (Å²) >= 11 is 0. The van der Waals surface area contributed by atoms with Crippen LogP contribution in [0.5, 0.6) is 23.0 Å². The van der Waals surface area contributed by atoms with Gasteiger partial charge in [0.25, 0.3) is 0 Å². The van der Waals surface area contributed by atoms with Gasteiger partial charge in [0.15, 0.2) is 0 Å². The zero-order valence-corrected chi connectivity index (χ0v) is 45.7. The summed E-state index contributed by atoms with van der Waals surface area (Å²) in [6.45, 7) is 26.8. The van der Waals surface area contributed by atoms with Crippen LogP contribution in [0.1, 0.15) is 91.5 Å². The van der Waals surface area contributed by atoms with Crippen LogP contribution >= 0.6 is 0 Å². The van der Waals surface area contributed by atoms with Crippen LogP contribution in [0.4, 0.5) is 0 Å². The Morgan fingerprint density at radius 2 is 0.740 bits per heavy atom. The maximum Gasteiger partial charge on any atom is 0.147 e. The van der Waals surface area contributed by atoms with Crippen molar-refractivity contribution in [2.45, 2.75) is 105 Å². The molecule has 0 saturated carbocycles. The fraction of sp³-hybridized carbons (Fsp3) is 0.273. The SMILES string of the molecule is Cc1cc(-c2cc(C(C)(C)C)ccc2OC[Si](COc2ccc(C(C)(C)C)cc2-c2cc(C)cc(-n3c4ccccc4c4ccccc43)c2O)(C(C)C)C(C)C)c(O)c(-n2c3ccccc3c3ccccc32)c1. The van der Waals surface area contributed by atoms with E-state index in [1.54, 1.807) is 0 Å². The molecule has 2 aromatic heterocycles. The average molecular weight is 983 g/mol. The third kappa shape index (κ3) is 8.75. The number of hydrogen-bond acceptors (Lipinski definition) is 4. The van der Waals surface area contributed by atoms with Crippen molar-refractivity contribution in [3.63, 3.8) is 0 Å². The molecule has 0 saturated heterocycles. The Kier molecular flexibility index (Phi) is 12.6. The summed E-state index contributed by atoms with van der Waals surface area (Å²) in [5.74, 6) is 1.88. The van der Waals surface area contributed by atoms with Gasteiger partial charge in [-0.05, 0) is 131 Å². The lowest BCUT2D eigenvalue weighted by Gasteiger charge is -2.39. The van der Waals surface area contributed by atoms with E-state index in [2.05, 4.69) is 250 Å². The molecule has 8 aromatic carbocycles. The van der Waals surface area contributed by atoms with Gasteiger partial charge in [-0.2, -0.15) is 0 Å². The molecule has 0 fully saturated rings. The fourth-order valence-electron chi connectivity index (χ4n) is 11.1. The predicted octanol–water partition coefficient (Wildman–Crippen LogP) is 17.6. The molecule has 0 aliphatic rings. The Hall–Kier alpha value is -7.22. The molecule has 7 heteroatoms. The number of ether oxygens (including phenoxy) is 2. The van der Waals surface area contributed by atoms with Gasteiger partial charge in [0, 0.05) is 43.8 Å². The van der Waals surface area contributed by atoms with Crippen molar-refractivity contribution in [2.24, 2.45) is 0 Å². The molecule has 0 aliphatic carbocycles. The smallest absolute Gasteiger partial charge is 0.147 e. The lowest BCUT2D eigenvalue weighted by Crippen LogP contribution is -2.53. The summed E-state index contributed by atoms with van der Waals surface area (Å²) in [5.41, 5.74) is 13.5. The minimum absolute atomic E-state index is 0.152. The van der Waals surface area contributed by atoms with Crippen molar-refractivity contribution < 1.29 is 19.7 Å². The van der Waals surface area contributed by atoms with Gasteiger partial charge in [-0.1, -0.05) is 154 Å². The van der Waals surface area contributed by atoms with Crippen LogP contribution < -0.4 is 9.47 Å². The number of hydrogen-bond donors (Lipinski definition) is 2. The van der Waals surface area contributed by atoms with E-state index in [9.17, 15) is 10.2 Å². The highest BCUT2D eigenvalue weighted by Gasteiger charge is 2.43. The van der Waals surface area contributed by atoms with Crippen LogP contribution in [0.2, 0.25) is 11.1 Å². The van der Waals surface area contributed by atoms with Crippen molar-refractivity contribution >= 4 is 51.7 Å². The van der Waals surface area contributed by atoms with E-state index in [0.717, 1.165) is 111 Å². The molecule has 10 aromatic rings. The second kappa shape index (κ2) is 18.7. The molecule has 10 rings (SSSR count). The predicted molar refractivity (Wildman–Crippen MR) is 310 cm³/mol. The van der Waals surface area contributed by atoms with Gasteiger partial charge in [0.1, 0.15) is 31.1 Å². The molecule has 0 unspecified atom stereocenters. The number of rotatable bonds is 12. The van der Waals surface area contributed by atoms with E-state index in [-0.39, 0.29) is 33.4 Å². The molecule has 0 aliphatic heterocycles. The molecule has 2 N–H and O–H groups in total. The number of phenols is 2. The highest BCUT2D eigenvalue weighted by molar-refractivity contribution is 6.82. The van der Waals surface area contributed by atoms with Crippen LogP contribution in [-0.4, -0.2) is 39.9 Å². The monoisotopic (exact) mass is 983 g/mol. The Morgan fingerprint density at radius 3 is 1.04 bits per heavy atom. The molecule has 0 amide bonds. The van der Waals surface area contributed by atoms with Gasteiger partial charge in [-0.25, -0.2) is 0 Å². The number of aryl methyl sites for hydroxylation is 2. The Balaban J connectivity index is 1.05. The Bertz CT molecular complexity index is 3380. The number of aromatic hydroxyl groups is 2. The van der Waals surface area contributed by atoms with Gasteiger partial charge < -0.3 is 28.8 Å². The number of nitrogens with zero attached hydrogens (tertiary/aromatic N) is 2. The molecule has 2 heterocycles. The Morgan fingerprint density at radius 1 is 0.425 bits per heavy atom. The molecule has 0 radical (unpaired) electrons. The van der Waals surface area contributed by atoms with E-state index in [1.807, 2.05) is 0 Å². The average Bonchev–Trinajstić information content (AvgIpc) is 3.87. The quantitative estimate of drug-likeness (QED) is 0.120. The van der Waals surface area contributed by atoms with Gasteiger partial charge in [-0.15, -0.1) is 0 Å². The largest absolute Gasteiger partial charge is 0.505 e. The number of aromatic nitrogens is 2. The van der Waals surface area contributed by atoms with Crippen LogP contribution in [0.25, 0.3) is 77.2 Å². The molecule has 0 atom stereocenters. The molecular weight excluding hydrogens is 913 g/mol. The van der Waals surface area contributed by atoms with Crippen molar-refractivity contribution in [1.29, 1.82) is 0 Å². The molecular formula is C66H70N2O4Si. The van der Waals surface area contributed by atoms with E-state index >= 15 is 0 Å². The van der Waals surface area contributed by atoms with Gasteiger partial charge in [-0.3, -0.25) is 0 Å². The first kappa shape index (κ1) is 49.4. The highest BCUT2D eigenvalue weighted by Crippen LogP contribution is 2.48. The van der Waals surface area contributed by atoms with Crippen molar-refractivity contribution in [2.75, 3.05) is 12.5 Å². The summed E-state index contributed by atoms with van der Waals surface area (Å²) in [6, 6.07) is 55.0. The topological polar surface area (TPSA) is 68.8 Å². The summed E-state index contributed by atoms with van der Waals surface area (Å²) < 4.78 is 18.9. The summed E-state index contributed by atoms with van der Waals surface area (Å²) in [6.07, 6.45) is 0.999. The van der Waals surface area contributed by atoms with E-state index in [4.69, 9.17) is 9.47 Å². The normalized spacial score (nSPS) is 12.6. The van der Waals surface area contributed by atoms with Crippen LogP contribution in [0.3, 0.4) is 0 Å². The van der Waals surface area contributed by atoms with Crippen molar-refractivity contribution in [3.8, 4) is 56.6 Å². The Labute approximate surface area is 432 Å². The minimum Gasteiger partial charge on any atom is -0.505 e. The highest BCUT2D eigenvalue weighted by atomic mass is 28.3. The lowest BCUT2D eigenvalue weighted by atomic mass is 9.85. The number of fused-ring (bicyclic) bond motifs is 6. The summed E-state index contributed by atoms with van der Waals surface area (Å²) in [5, 5.41) is 29.9. The van der Waals surface area contributed by atoms with Crippen molar-refractivity contribution in [1.82, 2.24) is 9.13 Å². The zero-order chi connectivity index (χ0) is 51.7. The minimum atomic E-state index is -2.52. The van der Waals surface area contributed by atoms with Gasteiger partial charge in [0.05, 0.1) is 45.9 Å². The molecule has 6 nitrogen and oxygen atoms in total.